The summed E-state index contributed by atoms with van der Waals surface area (Å²) in [5.74, 6) is 1.12. The summed E-state index contributed by atoms with van der Waals surface area (Å²) < 4.78 is 45.5. The number of aryl methyl sites for hydroxylation is 2. The van der Waals surface area contributed by atoms with Crippen LogP contribution in [0.1, 0.15) is 38.7 Å². The highest BCUT2D eigenvalue weighted by Gasteiger charge is 2.30. The third-order valence-corrected chi connectivity index (χ3v) is 4.26. The van der Waals surface area contributed by atoms with Gasteiger partial charge in [0.25, 0.3) is 5.91 Å². The number of hydrogen-bond acceptors (Lipinski definition) is 3. The minimum Gasteiger partial charge on any atom is -0.466 e. The number of carbonyl (C=O) groups is 1. The van der Waals surface area contributed by atoms with E-state index < -0.39 is 11.7 Å². The third kappa shape index (κ3) is 3.89. The van der Waals surface area contributed by atoms with Gasteiger partial charge in [-0.2, -0.15) is 18.3 Å². The van der Waals surface area contributed by atoms with E-state index in [0.29, 0.717) is 11.3 Å². The molecule has 2 aromatic heterocycles. The lowest BCUT2D eigenvalue weighted by atomic mass is 10.2. The van der Waals surface area contributed by atoms with Gasteiger partial charge < -0.3 is 9.73 Å². The average molecular weight is 377 g/mol. The zero-order valence-corrected chi connectivity index (χ0v) is 15.0. The summed E-state index contributed by atoms with van der Waals surface area (Å²) in [6.07, 6.45) is -3.10. The minimum absolute atomic E-state index is 0.239. The molecule has 27 heavy (non-hydrogen) atoms. The number of alkyl halides is 3. The van der Waals surface area contributed by atoms with Crippen LogP contribution >= 0.6 is 0 Å². The predicted octanol–water partition coefficient (Wildman–Crippen LogP) is 4.34. The maximum atomic E-state index is 12.9. The van der Waals surface area contributed by atoms with Crippen molar-refractivity contribution < 1.29 is 22.4 Å². The SMILES string of the molecule is Cc1cc(CNC(=O)c2cnn(-c3cccc(C(F)(F)F)c3)c2C)c(C)o1. The van der Waals surface area contributed by atoms with E-state index >= 15 is 0 Å². The van der Waals surface area contributed by atoms with E-state index in [9.17, 15) is 18.0 Å². The van der Waals surface area contributed by atoms with Gasteiger partial charge in [0.15, 0.2) is 0 Å². The molecule has 0 unspecified atom stereocenters. The molecule has 0 radical (unpaired) electrons. The van der Waals surface area contributed by atoms with Gasteiger partial charge in [-0.05, 0) is 45.0 Å². The van der Waals surface area contributed by atoms with E-state index in [1.165, 1.54) is 23.0 Å². The van der Waals surface area contributed by atoms with Gasteiger partial charge in [-0.15, -0.1) is 0 Å². The van der Waals surface area contributed by atoms with Crippen molar-refractivity contribution in [1.29, 1.82) is 0 Å². The van der Waals surface area contributed by atoms with Crippen LogP contribution < -0.4 is 5.32 Å². The van der Waals surface area contributed by atoms with Gasteiger partial charge in [0.2, 0.25) is 0 Å². The minimum atomic E-state index is -4.45. The number of benzene rings is 1. The molecule has 0 bridgehead atoms. The molecule has 0 fully saturated rings. The molecule has 142 valence electrons. The molecule has 0 spiro atoms. The maximum Gasteiger partial charge on any atom is 0.416 e. The van der Waals surface area contributed by atoms with Gasteiger partial charge in [-0.1, -0.05) is 6.07 Å². The van der Waals surface area contributed by atoms with Crippen molar-refractivity contribution in [2.24, 2.45) is 0 Å². The number of hydrogen-bond donors (Lipinski definition) is 1. The average Bonchev–Trinajstić information content (AvgIpc) is 3.14. The van der Waals surface area contributed by atoms with Crippen LogP contribution in [0.2, 0.25) is 0 Å². The van der Waals surface area contributed by atoms with Gasteiger partial charge in [0.1, 0.15) is 11.5 Å². The summed E-state index contributed by atoms with van der Waals surface area (Å²) >= 11 is 0. The number of aromatic nitrogens is 2. The van der Waals surface area contributed by atoms with Crippen molar-refractivity contribution in [3.05, 3.63) is 70.4 Å². The Hall–Kier alpha value is -3.03. The second-order valence-corrected chi connectivity index (χ2v) is 6.22. The summed E-state index contributed by atoms with van der Waals surface area (Å²) in [6, 6.07) is 6.65. The molecule has 0 aliphatic heterocycles. The van der Waals surface area contributed by atoms with Crippen molar-refractivity contribution >= 4 is 5.91 Å². The predicted molar refractivity (Wildman–Crippen MR) is 92.7 cm³/mol. The maximum absolute atomic E-state index is 12.9. The molecular formula is C19H18F3N3O2. The van der Waals surface area contributed by atoms with Crippen molar-refractivity contribution in [2.75, 3.05) is 0 Å². The van der Waals surface area contributed by atoms with Crippen LogP contribution in [-0.2, 0) is 12.7 Å². The highest BCUT2D eigenvalue weighted by molar-refractivity contribution is 5.95. The van der Waals surface area contributed by atoms with Gasteiger partial charge in [-0.3, -0.25) is 4.79 Å². The van der Waals surface area contributed by atoms with Crippen LogP contribution in [0, 0.1) is 20.8 Å². The molecular weight excluding hydrogens is 359 g/mol. The molecule has 3 aromatic rings. The molecule has 0 atom stereocenters. The van der Waals surface area contributed by atoms with Gasteiger partial charge in [-0.25, -0.2) is 4.68 Å². The normalized spacial score (nSPS) is 11.6. The molecule has 5 nitrogen and oxygen atoms in total. The Kier molecular flexibility index (Phi) is 4.82. The van der Waals surface area contributed by atoms with Crippen molar-refractivity contribution in [1.82, 2.24) is 15.1 Å². The Morgan fingerprint density at radius 3 is 2.59 bits per heavy atom. The number of halogens is 3. The number of furan rings is 1. The van der Waals surface area contributed by atoms with E-state index in [0.717, 1.165) is 29.2 Å². The largest absolute Gasteiger partial charge is 0.466 e. The monoisotopic (exact) mass is 377 g/mol. The van der Waals surface area contributed by atoms with Crippen LogP contribution in [0.15, 0.2) is 40.9 Å². The van der Waals surface area contributed by atoms with E-state index in [1.807, 2.05) is 19.9 Å². The quantitative estimate of drug-likeness (QED) is 0.736. The number of nitrogens with one attached hydrogen (secondary N) is 1. The third-order valence-electron chi connectivity index (χ3n) is 4.26. The fraction of sp³-hybridized carbons (Fsp3) is 0.263. The lowest BCUT2D eigenvalue weighted by molar-refractivity contribution is -0.137. The molecule has 0 aliphatic rings. The second kappa shape index (κ2) is 6.94. The molecule has 3 rings (SSSR count). The Labute approximate surface area is 153 Å². The summed E-state index contributed by atoms with van der Waals surface area (Å²) in [4.78, 5) is 12.5. The van der Waals surface area contributed by atoms with Crippen LogP contribution in [0.25, 0.3) is 5.69 Å². The van der Waals surface area contributed by atoms with E-state index in [2.05, 4.69) is 10.4 Å². The van der Waals surface area contributed by atoms with Crippen molar-refractivity contribution in [3.8, 4) is 5.69 Å². The first kappa shape index (κ1) is 18.8. The van der Waals surface area contributed by atoms with E-state index in [1.54, 1.807) is 6.92 Å². The highest BCUT2D eigenvalue weighted by Crippen LogP contribution is 2.30. The Bertz CT molecular complexity index is 986. The fourth-order valence-electron chi connectivity index (χ4n) is 2.84. The van der Waals surface area contributed by atoms with Crippen LogP contribution in [-0.4, -0.2) is 15.7 Å². The molecule has 8 heteroatoms. The standard InChI is InChI=1S/C19H18F3N3O2/c1-11-7-14(13(3)27-11)9-23-18(26)17-10-24-25(12(17)2)16-6-4-5-15(8-16)19(20,21)22/h4-8,10H,9H2,1-3H3,(H,23,26). The molecule has 1 aromatic carbocycles. The first-order chi connectivity index (χ1) is 12.7. The summed E-state index contributed by atoms with van der Waals surface area (Å²) in [5, 5.41) is 6.86. The molecule has 1 amide bonds. The lowest BCUT2D eigenvalue weighted by Crippen LogP contribution is -2.23. The summed E-state index contributed by atoms with van der Waals surface area (Å²) in [7, 11) is 0. The summed E-state index contributed by atoms with van der Waals surface area (Å²) in [5.41, 5.74) is 1.08. The van der Waals surface area contributed by atoms with Gasteiger partial charge in [0.05, 0.1) is 28.7 Å². The zero-order valence-electron chi connectivity index (χ0n) is 15.0. The Morgan fingerprint density at radius 1 is 1.22 bits per heavy atom. The first-order valence-electron chi connectivity index (χ1n) is 8.23. The smallest absolute Gasteiger partial charge is 0.416 e. The van der Waals surface area contributed by atoms with Gasteiger partial charge >= 0.3 is 6.18 Å². The van der Waals surface area contributed by atoms with E-state index in [-0.39, 0.29) is 18.1 Å². The number of amides is 1. The first-order valence-corrected chi connectivity index (χ1v) is 8.23. The Balaban J connectivity index is 1.81. The molecule has 0 saturated heterocycles. The summed E-state index contributed by atoms with van der Waals surface area (Å²) in [6.45, 7) is 5.55. The number of rotatable bonds is 4. The zero-order chi connectivity index (χ0) is 19.8. The number of nitrogens with zero attached hydrogens (tertiary/aromatic N) is 2. The van der Waals surface area contributed by atoms with Gasteiger partial charge in [0, 0.05) is 12.1 Å². The Morgan fingerprint density at radius 2 is 1.96 bits per heavy atom. The van der Waals surface area contributed by atoms with Crippen LogP contribution in [0.3, 0.4) is 0 Å². The number of carbonyl (C=O) groups excluding carboxylic acids is 1. The molecule has 0 aliphatic carbocycles. The second-order valence-electron chi connectivity index (χ2n) is 6.22. The lowest BCUT2D eigenvalue weighted by Gasteiger charge is -2.10. The fourth-order valence-corrected chi connectivity index (χ4v) is 2.84. The topological polar surface area (TPSA) is 60.1 Å². The van der Waals surface area contributed by atoms with E-state index in [4.69, 9.17) is 4.42 Å². The van der Waals surface area contributed by atoms with Crippen LogP contribution in [0.4, 0.5) is 13.2 Å². The highest BCUT2D eigenvalue weighted by atomic mass is 19.4. The molecule has 0 saturated carbocycles. The van der Waals surface area contributed by atoms with Crippen molar-refractivity contribution in [3.63, 3.8) is 0 Å². The van der Waals surface area contributed by atoms with Crippen LogP contribution in [0.5, 0.6) is 0 Å². The van der Waals surface area contributed by atoms with Crippen molar-refractivity contribution in [2.45, 2.75) is 33.5 Å². The molecule has 2 heterocycles. The molecule has 1 N–H and O–H groups in total.